The first-order chi connectivity index (χ1) is 13.9. The van der Waals surface area contributed by atoms with Gasteiger partial charge in [0.25, 0.3) is 5.56 Å². The van der Waals surface area contributed by atoms with Gasteiger partial charge in [-0.3, -0.25) is 4.79 Å². The van der Waals surface area contributed by atoms with Crippen molar-refractivity contribution in [2.45, 2.75) is 44.4 Å². The molecule has 0 radical (unpaired) electrons. The fourth-order valence-corrected chi connectivity index (χ4v) is 3.68. The molecule has 0 atom stereocenters. The average Bonchev–Trinajstić information content (AvgIpc) is 2.68. The van der Waals surface area contributed by atoms with Crippen LogP contribution in [0.5, 0.6) is 5.75 Å². The predicted molar refractivity (Wildman–Crippen MR) is 102 cm³/mol. The summed E-state index contributed by atoms with van der Waals surface area (Å²) in [5.41, 5.74) is 5.59. The van der Waals surface area contributed by atoms with E-state index in [1.54, 1.807) is 18.2 Å². The average molecular weight is 403 g/mol. The lowest BCUT2D eigenvalue weighted by atomic mass is 9.94. The first-order valence-electron chi connectivity index (χ1n) is 9.45. The van der Waals surface area contributed by atoms with E-state index in [9.17, 15) is 18.0 Å². The molecule has 29 heavy (non-hydrogen) atoms. The summed E-state index contributed by atoms with van der Waals surface area (Å²) in [4.78, 5) is 16.0. The van der Waals surface area contributed by atoms with E-state index in [1.807, 2.05) is 0 Å². The van der Waals surface area contributed by atoms with Gasteiger partial charge >= 0.3 is 0 Å². The highest BCUT2D eigenvalue weighted by molar-refractivity contribution is 5.79. The quantitative estimate of drug-likeness (QED) is 0.724. The zero-order valence-electron chi connectivity index (χ0n) is 15.6. The Morgan fingerprint density at radius 2 is 1.76 bits per heavy atom. The van der Waals surface area contributed by atoms with Gasteiger partial charge in [0.1, 0.15) is 23.2 Å². The normalized spacial score (nSPS) is 19.4. The third kappa shape index (κ3) is 4.12. The minimum atomic E-state index is -0.996. The minimum Gasteiger partial charge on any atom is -0.490 e. The molecule has 0 bridgehead atoms. The monoisotopic (exact) mass is 403 g/mol. The molecule has 0 amide bonds. The van der Waals surface area contributed by atoms with Gasteiger partial charge in [-0.05, 0) is 43.9 Å². The number of hydrogen-bond acceptors (Lipinski definition) is 4. The fraction of sp³-hybridized carbons (Fsp3) is 0.333. The number of fused-ring (bicyclic) bond motifs is 1. The number of nitrogens with two attached hydrogens (primary N) is 1. The molecule has 1 aliphatic rings. The zero-order valence-corrected chi connectivity index (χ0v) is 15.6. The summed E-state index contributed by atoms with van der Waals surface area (Å²) in [7, 11) is 0. The highest BCUT2D eigenvalue weighted by Gasteiger charge is 2.20. The summed E-state index contributed by atoms with van der Waals surface area (Å²) < 4.78 is 48.6. The number of hydrogen-bond donors (Lipinski definition) is 1. The van der Waals surface area contributed by atoms with E-state index in [-0.39, 0.29) is 29.6 Å². The highest BCUT2D eigenvalue weighted by atomic mass is 19.1. The van der Waals surface area contributed by atoms with Gasteiger partial charge in [-0.25, -0.2) is 13.2 Å². The number of halogens is 3. The van der Waals surface area contributed by atoms with Crippen LogP contribution < -0.4 is 16.0 Å². The predicted octanol–water partition coefficient (Wildman–Crippen LogP) is 3.51. The van der Waals surface area contributed by atoms with Gasteiger partial charge < -0.3 is 15.0 Å². The Morgan fingerprint density at radius 1 is 1.07 bits per heavy atom. The molecule has 2 aromatic carbocycles. The van der Waals surface area contributed by atoms with Crippen molar-refractivity contribution >= 4 is 10.9 Å². The van der Waals surface area contributed by atoms with Gasteiger partial charge in [0, 0.05) is 23.7 Å². The van der Waals surface area contributed by atoms with Crippen LogP contribution in [0.4, 0.5) is 13.2 Å². The molecule has 0 unspecified atom stereocenters. The Bertz CT molecular complexity index is 1090. The number of rotatable bonds is 4. The summed E-state index contributed by atoms with van der Waals surface area (Å²) in [6, 6.07) is 6.41. The number of aromatic nitrogens is 2. The molecule has 1 aliphatic carbocycles. The van der Waals surface area contributed by atoms with Crippen LogP contribution in [0.1, 0.15) is 31.2 Å². The lowest BCUT2D eigenvalue weighted by Gasteiger charge is -2.26. The molecule has 0 spiro atoms. The van der Waals surface area contributed by atoms with Gasteiger partial charge in [0.15, 0.2) is 0 Å². The molecule has 1 fully saturated rings. The van der Waals surface area contributed by atoms with Crippen LogP contribution in [0.15, 0.2) is 41.5 Å². The van der Waals surface area contributed by atoms with Gasteiger partial charge in [0.05, 0.1) is 29.9 Å². The third-order valence-electron chi connectivity index (χ3n) is 5.28. The van der Waals surface area contributed by atoms with E-state index in [1.165, 1.54) is 10.9 Å². The summed E-state index contributed by atoms with van der Waals surface area (Å²) in [6.45, 7) is -0.234. The Labute approximate surface area is 164 Å². The Morgan fingerprint density at radius 3 is 2.45 bits per heavy atom. The number of ether oxygens (including phenoxy) is 1. The van der Waals surface area contributed by atoms with Crippen molar-refractivity contribution in [3.05, 3.63) is 70.0 Å². The molecule has 0 aliphatic heterocycles. The van der Waals surface area contributed by atoms with E-state index in [0.717, 1.165) is 25.7 Å². The van der Waals surface area contributed by atoms with Crippen LogP contribution in [-0.4, -0.2) is 21.7 Å². The second-order valence-corrected chi connectivity index (χ2v) is 7.36. The Kier molecular flexibility index (Phi) is 5.27. The third-order valence-corrected chi connectivity index (χ3v) is 5.28. The highest BCUT2D eigenvalue weighted by Crippen LogP contribution is 2.25. The summed E-state index contributed by atoms with van der Waals surface area (Å²) in [5, 5.41) is 0.278. The molecule has 1 aromatic heterocycles. The van der Waals surface area contributed by atoms with Crippen molar-refractivity contribution in [2.24, 2.45) is 5.73 Å². The maximum atomic E-state index is 14.0. The van der Waals surface area contributed by atoms with Crippen LogP contribution in [0.25, 0.3) is 10.9 Å². The van der Waals surface area contributed by atoms with Gasteiger partial charge in [-0.15, -0.1) is 0 Å². The second-order valence-electron chi connectivity index (χ2n) is 7.36. The topological polar surface area (TPSA) is 70.1 Å². The zero-order chi connectivity index (χ0) is 20.5. The maximum Gasteiger partial charge on any atom is 0.280 e. The summed E-state index contributed by atoms with van der Waals surface area (Å²) >= 11 is 0. The molecular formula is C21H20F3N3O2. The molecule has 5 nitrogen and oxygen atoms in total. The maximum absolute atomic E-state index is 14.0. The van der Waals surface area contributed by atoms with Gasteiger partial charge in [-0.1, -0.05) is 0 Å². The molecule has 152 valence electrons. The molecule has 8 heteroatoms. The van der Waals surface area contributed by atoms with Gasteiger partial charge in [-0.2, -0.15) is 4.98 Å². The van der Waals surface area contributed by atoms with Crippen molar-refractivity contribution in [3.63, 3.8) is 0 Å². The van der Waals surface area contributed by atoms with Crippen LogP contribution in [0.3, 0.4) is 0 Å². The van der Waals surface area contributed by atoms with Crippen molar-refractivity contribution < 1.29 is 17.9 Å². The number of nitrogens with zero attached hydrogens (tertiary/aromatic N) is 2. The lowest BCUT2D eigenvalue weighted by molar-refractivity contribution is 0.147. The van der Waals surface area contributed by atoms with Crippen LogP contribution in [0.2, 0.25) is 0 Å². The first kappa shape index (κ1) is 19.4. The van der Waals surface area contributed by atoms with Gasteiger partial charge in [0.2, 0.25) is 0 Å². The second kappa shape index (κ2) is 7.87. The smallest absolute Gasteiger partial charge is 0.280 e. The van der Waals surface area contributed by atoms with E-state index < -0.39 is 23.0 Å². The van der Waals surface area contributed by atoms with Crippen molar-refractivity contribution in [2.75, 3.05) is 0 Å². The Hall–Kier alpha value is -2.87. The Balaban J connectivity index is 1.65. The molecule has 0 saturated heterocycles. The lowest BCUT2D eigenvalue weighted by Crippen LogP contribution is -2.31. The largest absolute Gasteiger partial charge is 0.490 e. The summed E-state index contributed by atoms with van der Waals surface area (Å²) in [5.74, 6) is -2.44. The van der Waals surface area contributed by atoms with Crippen molar-refractivity contribution in [1.82, 2.24) is 9.55 Å². The first-order valence-corrected chi connectivity index (χ1v) is 9.45. The van der Waals surface area contributed by atoms with E-state index >= 15 is 0 Å². The standard InChI is InChI=1S/C21H20F3N3O2/c22-12-7-18(23)17(19(24)8-12)10-27-11-26-21(28)16-9-15(5-6-20(16)27)29-14-3-1-13(25)2-4-14/h5-9,11,13-14H,1-4,10,25H2/t13-,14+. The van der Waals surface area contributed by atoms with E-state index in [4.69, 9.17) is 10.5 Å². The summed E-state index contributed by atoms with van der Waals surface area (Å²) in [6.07, 6.45) is 4.73. The van der Waals surface area contributed by atoms with Crippen LogP contribution in [0, 0.1) is 17.5 Å². The molecule has 3 aromatic rings. The van der Waals surface area contributed by atoms with E-state index in [2.05, 4.69) is 4.98 Å². The van der Waals surface area contributed by atoms with Crippen LogP contribution >= 0.6 is 0 Å². The molecule has 4 rings (SSSR count). The van der Waals surface area contributed by atoms with E-state index in [0.29, 0.717) is 23.4 Å². The minimum absolute atomic E-state index is 0.0357. The molecule has 2 N–H and O–H groups in total. The van der Waals surface area contributed by atoms with Crippen molar-refractivity contribution in [1.29, 1.82) is 0 Å². The molecule has 1 saturated carbocycles. The SMILES string of the molecule is N[C@H]1CC[C@@H](Oc2ccc3c(c2)c(=O)ncn3Cc2c(F)cc(F)cc2F)CC1. The fourth-order valence-electron chi connectivity index (χ4n) is 3.68. The van der Waals surface area contributed by atoms with Crippen LogP contribution in [-0.2, 0) is 6.54 Å². The molecular weight excluding hydrogens is 383 g/mol. The van der Waals surface area contributed by atoms with Crippen molar-refractivity contribution in [3.8, 4) is 5.75 Å². The molecule has 1 heterocycles. The number of benzene rings is 2.